The topological polar surface area (TPSA) is 72.2 Å². The highest BCUT2D eigenvalue weighted by molar-refractivity contribution is 7.89. The quantitative estimate of drug-likeness (QED) is 0.831. The minimum absolute atomic E-state index is 0.204. The van der Waals surface area contributed by atoms with Gasteiger partial charge in [0.2, 0.25) is 10.0 Å². The van der Waals surface area contributed by atoms with Crippen LogP contribution in [0.2, 0.25) is 0 Å². The van der Waals surface area contributed by atoms with Gasteiger partial charge in [-0.25, -0.2) is 13.6 Å². The Balaban J connectivity index is 2.99. The summed E-state index contributed by atoms with van der Waals surface area (Å²) in [7, 11) is -3.62. The highest BCUT2D eigenvalue weighted by Crippen LogP contribution is 2.15. The van der Waals surface area contributed by atoms with Crippen molar-refractivity contribution < 1.29 is 8.42 Å². The van der Waals surface area contributed by atoms with Crippen LogP contribution in [0.3, 0.4) is 0 Å². The Kier molecular flexibility index (Phi) is 4.07. The number of primary sulfonamides is 1. The lowest BCUT2D eigenvalue weighted by Gasteiger charge is -2.10. The summed E-state index contributed by atoms with van der Waals surface area (Å²) in [5.74, 6) is 0. The highest BCUT2D eigenvalue weighted by atomic mass is 32.2. The lowest BCUT2D eigenvalue weighted by Crippen LogP contribution is -2.22. The molecule has 0 aromatic heterocycles. The predicted octanol–water partition coefficient (Wildman–Crippen LogP) is 1.14. The maximum absolute atomic E-state index is 11.3. The third-order valence-corrected chi connectivity index (χ3v) is 3.33. The van der Waals surface area contributed by atoms with Gasteiger partial charge in [0.1, 0.15) is 0 Å². The third kappa shape index (κ3) is 3.59. The molecule has 0 amide bonds. The Morgan fingerprint density at radius 3 is 2.50 bits per heavy atom. The zero-order valence-electron chi connectivity index (χ0n) is 9.82. The molecule has 0 fully saturated rings. The lowest BCUT2D eigenvalue weighted by molar-refractivity contribution is 0.586. The van der Waals surface area contributed by atoms with Crippen molar-refractivity contribution in [3.8, 4) is 0 Å². The van der Waals surface area contributed by atoms with Crippen LogP contribution in [-0.2, 0) is 16.6 Å². The van der Waals surface area contributed by atoms with Gasteiger partial charge in [0.15, 0.2) is 0 Å². The van der Waals surface area contributed by atoms with E-state index in [9.17, 15) is 8.42 Å². The van der Waals surface area contributed by atoms with Crippen molar-refractivity contribution in [2.45, 2.75) is 38.3 Å². The molecule has 3 N–H and O–H groups in total. The molecule has 0 spiro atoms. The molecule has 0 saturated heterocycles. The first-order chi connectivity index (χ1) is 7.30. The number of aryl methyl sites for hydroxylation is 1. The average Bonchev–Trinajstić information content (AvgIpc) is 2.14. The summed E-state index contributed by atoms with van der Waals surface area (Å²) in [5, 5.41) is 8.36. The molecule has 1 aromatic carbocycles. The van der Waals surface area contributed by atoms with E-state index in [-0.39, 0.29) is 4.90 Å². The van der Waals surface area contributed by atoms with Crippen LogP contribution >= 0.6 is 0 Å². The van der Waals surface area contributed by atoms with Crippen LogP contribution in [0.4, 0.5) is 0 Å². The van der Waals surface area contributed by atoms with Crippen LogP contribution in [0.15, 0.2) is 23.1 Å². The van der Waals surface area contributed by atoms with Gasteiger partial charge in [0.25, 0.3) is 0 Å². The maximum Gasteiger partial charge on any atom is 0.238 e. The SMILES string of the molecule is Cc1ccc(CNC(C)C)cc1S(N)(=O)=O. The molecule has 0 unspecified atom stereocenters. The van der Waals surface area contributed by atoms with Gasteiger partial charge in [-0.3, -0.25) is 0 Å². The number of benzene rings is 1. The van der Waals surface area contributed by atoms with Crippen LogP contribution in [0.5, 0.6) is 0 Å². The van der Waals surface area contributed by atoms with Crippen molar-refractivity contribution in [3.05, 3.63) is 29.3 Å². The fourth-order valence-corrected chi connectivity index (χ4v) is 2.22. The number of hydrogen-bond donors (Lipinski definition) is 2. The Labute approximate surface area is 96.9 Å². The molecule has 1 rings (SSSR count). The molecule has 5 heteroatoms. The van der Waals surface area contributed by atoms with Crippen LogP contribution < -0.4 is 10.5 Å². The molecular weight excluding hydrogens is 224 g/mol. The summed E-state index contributed by atoms with van der Waals surface area (Å²) in [6, 6.07) is 5.66. The zero-order chi connectivity index (χ0) is 12.3. The predicted molar refractivity (Wildman–Crippen MR) is 64.5 cm³/mol. The van der Waals surface area contributed by atoms with Gasteiger partial charge in [-0.2, -0.15) is 0 Å². The second kappa shape index (κ2) is 4.95. The minimum atomic E-state index is -3.62. The summed E-state index contributed by atoms with van der Waals surface area (Å²) >= 11 is 0. The number of nitrogens with two attached hydrogens (primary N) is 1. The highest BCUT2D eigenvalue weighted by Gasteiger charge is 2.11. The Hall–Kier alpha value is -0.910. The van der Waals surface area contributed by atoms with Gasteiger partial charge in [0.05, 0.1) is 4.90 Å². The van der Waals surface area contributed by atoms with E-state index in [0.717, 1.165) is 5.56 Å². The molecular formula is C11H18N2O2S. The molecule has 16 heavy (non-hydrogen) atoms. The van der Waals surface area contributed by atoms with Gasteiger partial charge in [-0.05, 0) is 24.1 Å². The largest absolute Gasteiger partial charge is 0.310 e. The van der Waals surface area contributed by atoms with Crippen molar-refractivity contribution >= 4 is 10.0 Å². The summed E-state index contributed by atoms with van der Waals surface area (Å²) in [6.45, 7) is 6.45. The van der Waals surface area contributed by atoms with Gasteiger partial charge >= 0.3 is 0 Å². The molecule has 90 valence electrons. The molecule has 0 aliphatic carbocycles. The van der Waals surface area contributed by atoms with Crippen LogP contribution in [-0.4, -0.2) is 14.5 Å². The fourth-order valence-electron chi connectivity index (χ4n) is 1.38. The fraction of sp³-hybridized carbons (Fsp3) is 0.455. The average molecular weight is 242 g/mol. The standard InChI is InChI=1S/C11H18N2O2S/c1-8(2)13-7-10-5-4-9(3)11(6-10)16(12,14)15/h4-6,8,13H,7H2,1-3H3,(H2,12,14,15). The second-order valence-corrected chi connectivity index (χ2v) is 5.71. The second-order valence-electron chi connectivity index (χ2n) is 4.18. The van der Waals surface area contributed by atoms with E-state index in [1.165, 1.54) is 0 Å². The van der Waals surface area contributed by atoms with E-state index in [2.05, 4.69) is 5.32 Å². The smallest absolute Gasteiger partial charge is 0.238 e. The molecule has 0 radical (unpaired) electrons. The normalized spacial score (nSPS) is 12.1. The first-order valence-electron chi connectivity index (χ1n) is 5.16. The van der Waals surface area contributed by atoms with Crippen molar-refractivity contribution in [3.63, 3.8) is 0 Å². The Morgan fingerprint density at radius 2 is 2.00 bits per heavy atom. The van der Waals surface area contributed by atoms with Crippen LogP contribution in [0.1, 0.15) is 25.0 Å². The number of nitrogens with one attached hydrogen (secondary N) is 1. The lowest BCUT2D eigenvalue weighted by atomic mass is 10.1. The Bertz CT molecular complexity index is 467. The maximum atomic E-state index is 11.3. The van der Waals surface area contributed by atoms with E-state index in [0.29, 0.717) is 18.2 Å². The number of rotatable bonds is 4. The van der Waals surface area contributed by atoms with Crippen molar-refractivity contribution in [2.24, 2.45) is 5.14 Å². The van der Waals surface area contributed by atoms with E-state index >= 15 is 0 Å². The van der Waals surface area contributed by atoms with Crippen LogP contribution in [0, 0.1) is 6.92 Å². The molecule has 0 saturated carbocycles. The molecule has 1 aromatic rings. The monoisotopic (exact) mass is 242 g/mol. The van der Waals surface area contributed by atoms with Gasteiger partial charge in [-0.1, -0.05) is 26.0 Å². The van der Waals surface area contributed by atoms with E-state index in [1.807, 2.05) is 19.9 Å². The van der Waals surface area contributed by atoms with Gasteiger partial charge in [0, 0.05) is 12.6 Å². The Morgan fingerprint density at radius 1 is 1.38 bits per heavy atom. The van der Waals surface area contributed by atoms with E-state index in [1.54, 1.807) is 19.1 Å². The molecule has 0 aliphatic rings. The molecule has 0 bridgehead atoms. The zero-order valence-corrected chi connectivity index (χ0v) is 10.6. The summed E-state index contributed by atoms with van der Waals surface area (Å²) in [4.78, 5) is 0.204. The van der Waals surface area contributed by atoms with Crippen molar-refractivity contribution in [1.82, 2.24) is 5.32 Å². The molecule has 0 heterocycles. The minimum Gasteiger partial charge on any atom is -0.310 e. The summed E-state index contributed by atoms with van der Waals surface area (Å²) in [6.07, 6.45) is 0. The first kappa shape index (κ1) is 13.2. The first-order valence-corrected chi connectivity index (χ1v) is 6.71. The van der Waals surface area contributed by atoms with Crippen molar-refractivity contribution in [1.29, 1.82) is 0 Å². The third-order valence-electron chi connectivity index (χ3n) is 2.27. The van der Waals surface area contributed by atoms with Crippen molar-refractivity contribution in [2.75, 3.05) is 0 Å². The summed E-state index contributed by atoms with van der Waals surface area (Å²) < 4.78 is 22.6. The molecule has 0 atom stereocenters. The van der Waals surface area contributed by atoms with E-state index in [4.69, 9.17) is 5.14 Å². The van der Waals surface area contributed by atoms with Gasteiger partial charge < -0.3 is 5.32 Å². The van der Waals surface area contributed by atoms with E-state index < -0.39 is 10.0 Å². The molecule has 4 nitrogen and oxygen atoms in total. The molecule has 0 aliphatic heterocycles. The van der Waals surface area contributed by atoms with Gasteiger partial charge in [-0.15, -0.1) is 0 Å². The van der Waals surface area contributed by atoms with Crippen LogP contribution in [0.25, 0.3) is 0 Å². The number of hydrogen-bond acceptors (Lipinski definition) is 3. The number of sulfonamides is 1. The summed E-state index contributed by atoms with van der Waals surface area (Å²) in [5.41, 5.74) is 1.60.